The molecule has 0 spiro atoms. The topological polar surface area (TPSA) is 18.0 Å². The maximum absolute atomic E-state index is 5.79. The number of aromatic nitrogens is 2. The highest BCUT2D eigenvalue weighted by atomic mass is 16.5. The highest BCUT2D eigenvalue weighted by molar-refractivity contribution is 5.14. The molecule has 0 N–H and O–H groups in total. The molecule has 1 heterocycles. The van der Waals surface area contributed by atoms with Crippen molar-refractivity contribution in [3.8, 4) is 0 Å². The highest BCUT2D eigenvalue weighted by Crippen LogP contribution is 2.09. The molecule has 0 radical (unpaired) electrons. The van der Waals surface area contributed by atoms with Crippen molar-refractivity contribution in [1.82, 2.24) is 4.57 Å². The van der Waals surface area contributed by atoms with Crippen LogP contribution >= 0.6 is 0 Å². The van der Waals surface area contributed by atoms with Crippen molar-refractivity contribution in [2.45, 2.75) is 84.4 Å². The molecule has 3 nitrogen and oxygen atoms in total. The van der Waals surface area contributed by atoms with Crippen molar-refractivity contribution in [3.05, 3.63) is 54.6 Å². The molecule has 0 bridgehead atoms. The van der Waals surface area contributed by atoms with Gasteiger partial charge in [0.25, 0.3) is 0 Å². The zero-order chi connectivity index (χ0) is 18.3. The van der Waals surface area contributed by atoms with Crippen LogP contribution in [0.3, 0.4) is 0 Å². The van der Waals surface area contributed by atoms with Crippen LogP contribution in [0.1, 0.15) is 70.3 Å². The van der Waals surface area contributed by atoms with Crippen molar-refractivity contribution in [3.63, 3.8) is 0 Å². The first-order valence-electron chi connectivity index (χ1n) is 10.5. The van der Waals surface area contributed by atoms with Gasteiger partial charge in [-0.25, -0.2) is 9.13 Å². The van der Waals surface area contributed by atoms with Crippen molar-refractivity contribution in [2.75, 3.05) is 6.61 Å². The van der Waals surface area contributed by atoms with E-state index in [9.17, 15) is 0 Å². The number of benzene rings is 1. The molecule has 0 fully saturated rings. The molecule has 26 heavy (non-hydrogen) atoms. The Balaban J connectivity index is 1.47. The Morgan fingerprint density at radius 1 is 0.885 bits per heavy atom. The smallest absolute Gasteiger partial charge is 0.245 e. The van der Waals surface area contributed by atoms with E-state index < -0.39 is 0 Å². The number of ether oxygens (including phenoxy) is 1. The average Bonchev–Trinajstić information content (AvgIpc) is 3.12. The third kappa shape index (κ3) is 9.19. The molecule has 0 aliphatic heterocycles. The van der Waals surface area contributed by atoms with Crippen molar-refractivity contribution in [2.24, 2.45) is 0 Å². The third-order valence-electron chi connectivity index (χ3n) is 4.85. The fourth-order valence-electron chi connectivity index (χ4n) is 3.27. The van der Waals surface area contributed by atoms with Gasteiger partial charge in [0.1, 0.15) is 12.4 Å². The number of unbranched alkanes of at least 4 members (excludes halogenated alkanes) is 7. The van der Waals surface area contributed by atoms with Crippen LogP contribution in [0.4, 0.5) is 0 Å². The van der Waals surface area contributed by atoms with Gasteiger partial charge in [0, 0.05) is 0 Å². The predicted octanol–water partition coefficient (Wildman–Crippen LogP) is 5.52. The molecule has 2 aromatic rings. The molecule has 1 aromatic carbocycles. The SMILES string of the molecule is CCCCCCCCCCn1cc[n+](COCCCc2ccccc2)c1. The zero-order valence-electron chi connectivity index (χ0n) is 16.6. The van der Waals surface area contributed by atoms with Crippen LogP contribution in [-0.2, 0) is 24.4 Å². The van der Waals surface area contributed by atoms with E-state index in [4.69, 9.17) is 4.74 Å². The third-order valence-corrected chi connectivity index (χ3v) is 4.85. The van der Waals surface area contributed by atoms with E-state index in [-0.39, 0.29) is 0 Å². The largest absolute Gasteiger partial charge is 0.342 e. The Morgan fingerprint density at radius 3 is 2.38 bits per heavy atom. The Morgan fingerprint density at radius 2 is 1.62 bits per heavy atom. The molecule has 0 aliphatic carbocycles. The summed E-state index contributed by atoms with van der Waals surface area (Å²) < 4.78 is 10.2. The zero-order valence-corrected chi connectivity index (χ0v) is 16.6. The van der Waals surface area contributed by atoms with Gasteiger partial charge < -0.3 is 4.74 Å². The van der Waals surface area contributed by atoms with E-state index in [0.29, 0.717) is 6.73 Å². The van der Waals surface area contributed by atoms with E-state index in [1.165, 1.54) is 56.9 Å². The number of rotatable bonds is 15. The second kappa shape index (κ2) is 13.6. The van der Waals surface area contributed by atoms with Crippen LogP contribution in [0.5, 0.6) is 0 Å². The minimum Gasteiger partial charge on any atom is -0.342 e. The Bertz CT molecular complexity index is 565. The monoisotopic (exact) mass is 357 g/mol. The second-order valence-electron chi connectivity index (χ2n) is 7.27. The molecule has 3 heteroatoms. The van der Waals surface area contributed by atoms with E-state index in [2.05, 4.69) is 65.1 Å². The van der Waals surface area contributed by atoms with Gasteiger partial charge >= 0.3 is 0 Å². The summed E-state index contributed by atoms with van der Waals surface area (Å²) in [5, 5.41) is 0. The summed E-state index contributed by atoms with van der Waals surface area (Å²) in [6.45, 7) is 4.86. The average molecular weight is 358 g/mol. The summed E-state index contributed by atoms with van der Waals surface area (Å²) in [7, 11) is 0. The highest BCUT2D eigenvalue weighted by Gasteiger charge is 2.03. The van der Waals surface area contributed by atoms with E-state index in [1.54, 1.807) is 0 Å². The molecular weight excluding hydrogens is 320 g/mol. The predicted molar refractivity (Wildman–Crippen MR) is 108 cm³/mol. The summed E-state index contributed by atoms with van der Waals surface area (Å²) in [6, 6.07) is 10.6. The second-order valence-corrected chi connectivity index (χ2v) is 7.27. The minimum atomic E-state index is 0.652. The molecule has 0 aliphatic rings. The van der Waals surface area contributed by atoms with Crippen LogP contribution in [-0.4, -0.2) is 11.2 Å². The van der Waals surface area contributed by atoms with Crippen molar-refractivity contribution in [1.29, 1.82) is 0 Å². The maximum atomic E-state index is 5.79. The molecule has 0 atom stereocenters. The number of aryl methyl sites for hydroxylation is 2. The number of nitrogens with zero attached hydrogens (tertiary/aromatic N) is 2. The lowest BCUT2D eigenvalue weighted by Crippen LogP contribution is -2.32. The standard InChI is InChI=1S/C23H37N2O/c1-2-3-4-5-6-7-8-12-17-24-18-19-25(21-24)22-26-20-13-16-23-14-10-9-11-15-23/h9-11,14-15,18-19,21H,2-8,12-13,16-17,20,22H2,1H3/q+1. The van der Waals surface area contributed by atoms with Gasteiger partial charge in [-0.05, 0) is 31.2 Å². The van der Waals surface area contributed by atoms with E-state index >= 15 is 0 Å². The molecule has 0 unspecified atom stereocenters. The first-order valence-corrected chi connectivity index (χ1v) is 10.5. The van der Waals surface area contributed by atoms with Gasteiger partial charge in [0.2, 0.25) is 6.33 Å². The molecule has 1 aromatic heterocycles. The number of imidazole rings is 1. The quantitative estimate of drug-likeness (QED) is 0.303. The van der Waals surface area contributed by atoms with Crippen LogP contribution in [0.15, 0.2) is 49.1 Å². The van der Waals surface area contributed by atoms with Gasteiger partial charge in [-0.3, -0.25) is 0 Å². The lowest BCUT2D eigenvalue weighted by molar-refractivity contribution is -0.732. The van der Waals surface area contributed by atoms with Gasteiger partial charge in [-0.15, -0.1) is 0 Å². The molecule has 0 saturated heterocycles. The van der Waals surface area contributed by atoms with Crippen LogP contribution in [0.25, 0.3) is 0 Å². The van der Waals surface area contributed by atoms with Gasteiger partial charge in [-0.2, -0.15) is 0 Å². The lowest BCUT2D eigenvalue weighted by Gasteiger charge is -2.02. The van der Waals surface area contributed by atoms with E-state index in [0.717, 1.165) is 26.0 Å². The summed E-state index contributed by atoms with van der Waals surface area (Å²) in [5.41, 5.74) is 1.39. The number of hydrogen-bond acceptors (Lipinski definition) is 1. The molecule has 144 valence electrons. The van der Waals surface area contributed by atoms with Gasteiger partial charge in [-0.1, -0.05) is 75.8 Å². The fourth-order valence-corrected chi connectivity index (χ4v) is 3.27. The minimum absolute atomic E-state index is 0.652. The number of hydrogen-bond donors (Lipinski definition) is 0. The first kappa shape index (κ1) is 20.7. The summed E-state index contributed by atoms with van der Waals surface area (Å²) in [4.78, 5) is 0. The van der Waals surface area contributed by atoms with Crippen molar-refractivity contribution >= 4 is 0 Å². The van der Waals surface area contributed by atoms with Gasteiger partial charge in [0.15, 0.2) is 6.73 Å². The molecule has 2 rings (SSSR count). The summed E-state index contributed by atoms with van der Waals surface area (Å²) in [5.74, 6) is 0. The van der Waals surface area contributed by atoms with Gasteiger partial charge in [0.05, 0.1) is 13.2 Å². The van der Waals surface area contributed by atoms with Crippen LogP contribution in [0.2, 0.25) is 0 Å². The maximum Gasteiger partial charge on any atom is 0.245 e. The van der Waals surface area contributed by atoms with Crippen LogP contribution in [0, 0.1) is 0 Å². The fraction of sp³-hybridized carbons (Fsp3) is 0.609. The van der Waals surface area contributed by atoms with Crippen molar-refractivity contribution < 1.29 is 9.30 Å². The lowest BCUT2D eigenvalue weighted by atomic mass is 10.1. The Hall–Kier alpha value is -1.61. The normalized spacial score (nSPS) is 11.1. The van der Waals surface area contributed by atoms with E-state index in [1.807, 2.05) is 0 Å². The Labute approximate surface area is 160 Å². The molecular formula is C23H37N2O+. The summed E-state index contributed by atoms with van der Waals surface area (Å²) in [6.07, 6.45) is 19.6. The molecule has 0 amide bonds. The summed E-state index contributed by atoms with van der Waals surface area (Å²) >= 11 is 0. The molecule has 0 saturated carbocycles. The Kier molecular flexibility index (Phi) is 10.8. The first-order chi connectivity index (χ1) is 12.9. The van der Waals surface area contributed by atoms with Crippen LogP contribution < -0.4 is 4.57 Å².